The van der Waals surface area contributed by atoms with Crippen LogP contribution in [0.4, 0.5) is 0 Å². The first-order valence-electron chi connectivity index (χ1n) is 12.5. The van der Waals surface area contributed by atoms with Gasteiger partial charge in [0, 0.05) is 24.7 Å². The fourth-order valence-electron chi connectivity index (χ4n) is 4.69. The number of hydrogen-bond donors (Lipinski definition) is 1. The van der Waals surface area contributed by atoms with E-state index in [4.69, 9.17) is 19.2 Å². The van der Waals surface area contributed by atoms with Gasteiger partial charge in [0.2, 0.25) is 12.7 Å². The van der Waals surface area contributed by atoms with Crippen molar-refractivity contribution in [2.45, 2.75) is 19.4 Å². The van der Waals surface area contributed by atoms with Gasteiger partial charge in [0.1, 0.15) is 11.4 Å². The van der Waals surface area contributed by atoms with Gasteiger partial charge in [-0.1, -0.05) is 36.4 Å². The van der Waals surface area contributed by atoms with Crippen molar-refractivity contribution in [1.29, 1.82) is 0 Å². The third-order valence-corrected chi connectivity index (χ3v) is 6.70. The average Bonchev–Trinajstić information content (AvgIpc) is 3.59. The van der Waals surface area contributed by atoms with Gasteiger partial charge in [0.15, 0.2) is 11.5 Å². The molecule has 1 amide bonds. The lowest BCUT2D eigenvalue weighted by atomic mass is 10.1. The van der Waals surface area contributed by atoms with E-state index in [9.17, 15) is 4.79 Å². The van der Waals surface area contributed by atoms with E-state index >= 15 is 0 Å². The predicted molar refractivity (Wildman–Crippen MR) is 145 cm³/mol. The standard InChI is InChI=1S/C31H27N3O4/c1-36-25-11-8-23(9-12-25)31-26(34-19-24(10-15-29(34)33-31)22-5-3-2-4-6-22)13-16-30(35)32-18-21-7-14-27-28(17-21)38-20-37-27/h2-12,14-15,17,19H,13,16,18,20H2,1H3,(H,32,35). The van der Waals surface area contributed by atoms with Gasteiger partial charge in [-0.15, -0.1) is 0 Å². The lowest BCUT2D eigenvalue weighted by molar-refractivity contribution is -0.121. The third-order valence-electron chi connectivity index (χ3n) is 6.70. The maximum absolute atomic E-state index is 12.9. The zero-order chi connectivity index (χ0) is 25.9. The summed E-state index contributed by atoms with van der Waals surface area (Å²) in [7, 11) is 1.65. The summed E-state index contributed by atoms with van der Waals surface area (Å²) in [6, 6.07) is 27.9. The number of aromatic nitrogens is 2. The smallest absolute Gasteiger partial charge is 0.231 e. The minimum atomic E-state index is -0.0301. The molecule has 7 heteroatoms. The van der Waals surface area contributed by atoms with Crippen molar-refractivity contribution < 1.29 is 19.0 Å². The highest BCUT2D eigenvalue weighted by Crippen LogP contribution is 2.33. The van der Waals surface area contributed by atoms with Gasteiger partial charge in [-0.3, -0.25) is 4.79 Å². The molecule has 0 saturated heterocycles. The van der Waals surface area contributed by atoms with Gasteiger partial charge < -0.3 is 23.9 Å². The monoisotopic (exact) mass is 505 g/mol. The van der Waals surface area contributed by atoms with Gasteiger partial charge >= 0.3 is 0 Å². The number of rotatable bonds is 8. The van der Waals surface area contributed by atoms with Crippen LogP contribution >= 0.6 is 0 Å². The van der Waals surface area contributed by atoms with Crippen LogP contribution in [0.2, 0.25) is 0 Å². The molecule has 38 heavy (non-hydrogen) atoms. The van der Waals surface area contributed by atoms with E-state index in [1.54, 1.807) is 7.11 Å². The van der Waals surface area contributed by atoms with E-state index in [0.717, 1.165) is 50.8 Å². The SMILES string of the molecule is COc1ccc(-c2nc3ccc(-c4ccccc4)cn3c2CCC(=O)NCc2ccc3c(c2)OCO3)cc1. The summed E-state index contributed by atoms with van der Waals surface area (Å²) in [5.41, 5.74) is 6.84. The Morgan fingerprint density at radius 2 is 1.71 bits per heavy atom. The highest BCUT2D eigenvalue weighted by atomic mass is 16.7. The molecular formula is C31H27N3O4. The van der Waals surface area contributed by atoms with Crippen LogP contribution in [0, 0.1) is 0 Å². The lowest BCUT2D eigenvalue weighted by Gasteiger charge is -2.09. The van der Waals surface area contributed by atoms with E-state index in [1.807, 2.05) is 66.7 Å². The largest absolute Gasteiger partial charge is 0.497 e. The molecule has 5 aromatic rings. The van der Waals surface area contributed by atoms with Crippen molar-refractivity contribution in [1.82, 2.24) is 14.7 Å². The Kier molecular flexibility index (Phi) is 6.40. The van der Waals surface area contributed by atoms with E-state index in [0.29, 0.717) is 25.1 Å². The Bertz CT molecular complexity index is 1590. The van der Waals surface area contributed by atoms with E-state index in [2.05, 4.69) is 34.1 Å². The number of hydrogen-bond acceptors (Lipinski definition) is 5. The molecule has 0 atom stereocenters. The maximum Gasteiger partial charge on any atom is 0.231 e. The maximum atomic E-state index is 12.9. The van der Waals surface area contributed by atoms with E-state index in [-0.39, 0.29) is 12.7 Å². The Morgan fingerprint density at radius 3 is 2.53 bits per heavy atom. The molecule has 0 unspecified atom stereocenters. The molecule has 0 bridgehead atoms. The zero-order valence-electron chi connectivity index (χ0n) is 21.0. The molecule has 0 radical (unpaired) electrons. The third kappa shape index (κ3) is 4.78. The lowest BCUT2D eigenvalue weighted by Crippen LogP contribution is -2.23. The number of carbonyl (C=O) groups is 1. The summed E-state index contributed by atoms with van der Waals surface area (Å²) < 4.78 is 18.2. The number of pyridine rings is 1. The molecule has 0 spiro atoms. The van der Waals surface area contributed by atoms with Crippen LogP contribution in [0.15, 0.2) is 91.1 Å². The highest BCUT2D eigenvalue weighted by Gasteiger charge is 2.17. The summed E-state index contributed by atoms with van der Waals surface area (Å²) in [4.78, 5) is 17.8. The number of ether oxygens (including phenoxy) is 3. The molecule has 3 heterocycles. The van der Waals surface area contributed by atoms with Crippen LogP contribution in [-0.2, 0) is 17.8 Å². The van der Waals surface area contributed by atoms with Crippen LogP contribution in [0.1, 0.15) is 17.7 Å². The number of nitrogens with zero attached hydrogens (tertiary/aromatic N) is 2. The summed E-state index contributed by atoms with van der Waals surface area (Å²) in [6.45, 7) is 0.652. The van der Waals surface area contributed by atoms with E-state index < -0.39 is 0 Å². The summed E-state index contributed by atoms with van der Waals surface area (Å²) in [6.07, 6.45) is 2.97. The summed E-state index contributed by atoms with van der Waals surface area (Å²) >= 11 is 0. The van der Waals surface area contributed by atoms with Gasteiger partial charge in [0.05, 0.1) is 18.5 Å². The Morgan fingerprint density at radius 1 is 0.921 bits per heavy atom. The second-order valence-corrected chi connectivity index (χ2v) is 9.11. The molecule has 3 aromatic carbocycles. The molecule has 6 rings (SSSR count). The minimum absolute atomic E-state index is 0.0301. The summed E-state index contributed by atoms with van der Waals surface area (Å²) in [5.74, 6) is 2.19. The molecular weight excluding hydrogens is 478 g/mol. The van der Waals surface area contributed by atoms with Gasteiger partial charge in [-0.05, 0) is 71.6 Å². The zero-order valence-corrected chi connectivity index (χ0v) is 21.0. The molecule has 1 aliphatic rings. The molecule has 190 valence electrons. The Labute approximate surface area is 220 Å². The van der Waals surface area contributed by atoms with Gasteiger partial charge in [-0.2, -0.15) is 0 Å². The minimum Gasteiger partial charge on any atom is -0.497 e. The Hall–Kier alpha value is -4.78. The van der Waals surface area contributed by atoms with Crippen molar-refractivity contribution in [3.8, 4) is 39.6 Å². The average molecular weight is 506 g/mol. The number of benzene rings is 3. The van der Waals surface area contributed by atoms with Crippen LogP contribution in [0.5, 0.6) is 17.2 Å². The van der Waals surface area contributed by atoms with Crippen LogP contribution in [-0.4, -0.2) is 29.2 Å². The van der Waals surface area contributed by atoms with Crippen molar-refractivity contribution >= 4 is 11.6 Å². The topological polar surface area (TPSA) is 74.1 Å². The van der Waals surface area contributed by atoms with Crippen LogP contribution < -0.4 is 19.5 Å². The number of carbonyl (C=O) groups excluding carboxylic acids is 1. The number of nitrogens with one attached hydrogen (secondary N) is 1. The first-order valence-corrected chi connectivity index (χ1v) is 12.5. The number of aryl methyl sites for hydroxylation is 1. The van der Waals surface area contributed by atoms with Crippen LogP contribution in [0.25, 0.3) is 28.0 Å². The fourth-order valence-corrected chi connectivity index (χ4v) is 4.69. The first-order chi connectivity index (χ1) is 18.7. The molecule has 7 nitrogen and oxygen atoms in total. The molecule has 2 aromatic heterocycles. The summed E-state index contributed by atoms with van der Waals surface area (Å²) in [5, 5.41) is 3.03. The molecule has 0 saturated carbocycles. The molecule has 1 N–H and O–H groups in total. The second-order valence-electron chi connectivity index (χ2n) is 9.11. The van der Waals surface area contributed by atoms with Crippen molar-refractivity contribution in [3.05, 3.63) is 102 Å². The van der Waals surface area contributed by atoms with Gasteiger partial charge in [-0.25, -0.2) is 4.98 Å². The van der Waals surface area contributed by atoms with Crippen molar-refractivity contribution in [3.63, 3.8) is 0 Å². The number of methoxy groups -OCH3 is 1. The van der Waals surface area contributed by atoms with E-state index in [1.165, 1.54) is 0 Å². The van der Waals surface area contributed by atoms with Crippen molar-refractivity contribution in [2.24, 2.45) is 0 Å². The highest BCUT2D eigenvalue weighted by molar-refractivity contribution is 5.77. The predicted octanol–water partition coefficient (Wildman–Crippen LogP) is 5.65. The fraction of sp³-hybridized carbons (Fsp3) is 0.161. The van der Waals surface area contributed by atoms with Crippen molar-refractivity contribution in [2.75, 3.05) is 13.9 Å². The number of amides is 1. The Balaban J connectivity index is 1.26. The quantitative estimate of drug-likeness (QED) is 0.295. The van der Waals surface area contributed by atoms with Crippen LogP contribution in [0.3, 0.4) is 0 Å². The second kappa shape index (κ2) is 10.3. The van der Waals surface area contributed by atoms with Gasteiger partial charge in [0.25, 0.3) is 0 Å². The molecule has 1 aliphatic heterocycles. The number of fused-ring (bicyclic) bond motifs is 2. The molecule has 0 aliphatic carbocycles. The normalized spacial score (nSPS) is 12.0. The first kappa shape index (κ1) is 23.6. The molecule has 0 fully saturated rings. The number of imidazole rings is 1.